The number of amides is 1. The van der Waals surface area contributed by atoms with Gasteiger partial charge in [0.25, 0.3) is 5.91 Å². The van der Waals surface area contributed by atoms with Crippen LogP contribution in [0, 0.1) is 0 Å². The van der Waals surface area contributed by atoms with Gasteiger partial charge >= 0.3 is 0 Å². The normalized spacial score (nSPS) is 16.9. The number of anilines is 1. The van der Waals surface area contributed by atoms with Crippen LogP contribution < -0.4 is 5.73 Å². The predicted molar refractivity (Wildman–Crippen MR) is 81.2 cm³/mol. The first-order valence-electron chi connectivity index (χ1n) is 7.21. The van der Waals surface area contributed by atoms with E-state index in [9.17, 15) is 15.0 Å². The topological polar surface area (TPSA) is 90.0 Å². The third kappa shape index (κ3) is 3.65. The number of carbonyl (C=O) groups is 1. The number of nitrogens with two attached hydrogens (primary N) is 1. The minimum absolute atomic E-state index is 0.0704. The van der Waals surface area contributed by atoms with Crippen molar-refractivity contribution in [3.8, 4) is 5.75 Å². The largest absolute Gasteiger partial charge is 0.506 e. The highest BCUT2D eigenvalue weighted by Crippen LogP contribution is 2.23. The monoisotopic (exact) mass is 293 g/mol. The Hall–Kier alpha value is -1.79. The number of hydrogen-bond donors (Lipinski definition) is 3. The van der Waals surface area contributed by atoms with Gasteiger partial charge in [-0.1, -0.05) is 0 Å². The second kappa shape index (κ2) is 6.78. The van der Waals surface area contributed by atoms with E-state index in [-0.39, 0.29) is 30.0 Å². The molecule has 0 unspecified atom stereocenters. The fourth-order valence-electron chi connectivity index (χ4n) is 2.71. The summed E-state index contributed by atoms with van der Waals surface area (Å²) in [6.07, 6.45) is 1.78. The zero-order chi connectivity index (χ0) is 15.4. The van der Waals surface area contributed by atoms with Gasteiger partial charge in [-0.2, -0.15) is 0 Å². The quantitative estimate of drug-likeness (QED) is 0.556. The first-order chi connectivity index (χ1) is 10.0. The van der Waals surface area contributed by atoms with Crippen LogP contribution in [-0.4, -0.2) is 65.3 Å². The Balaban J connectivity index is 2.16. The molecule has 2 rings (SSSR count). The highest BCUT2D eigenvalue weighted by atomic mass is 16.3. The lowest BCUT2D eigenvalue weighted by Crippen LogP contribution is -2.47. The third-order valence-corrected chi connectivity index (χ3v) is 4.01. The second-order valence-corrected chi connectivity index (χ2v) is 5.53. The van der Waals surface area contributed by atoms with Crippen LogP contribution in [0.1, 0.15) is 23.2 Å². The Labute approximate surface area is 124 Å². The van der Waals surface area contributed by atoms with Crippen LogP contribution in [-0.2, 0) is 0 Å². The van der Waals surface area contributed by atoms with E-state index in [0.717, 1.165) is 25.9 Å². The summed E-state index contributed by atoms with van der Waals surface area (Å²) in [5, 5.41) is 18.9. The van der Waals surface area contributed by atoms with Crippen molar-refractivity contribution in [1.82, 2.24) is 9.80 Å². The Bertz CT molecular complexity index is 499. The summed E-state index contributed by atoms with van der Waals surface area (Å²) >= 11 is 0. The molecule has 116 valence electrons. The van der Waals surface area contributed by atoms with Crippen molar-refractivity contribution in [3.63, 3.8) is 0 Å². The van der Waals surface area contributed by atoms with Crippen molar-refractivity contribution in [2.75, 3.05) is 39.0 Å². The van der Waals surface area contributed by atoms with E-state index in [1.54, 1.807) is 11.0 Å². The van der Waals surface area contributed by atoms with E-state index in [0.29, 0.717) is 12.1 Å². The average molecular weight is 293 g/mol. The summed E-state index contributed by atoms with van der Waals surface area (Å²) in [4.78, 5) is 16.6. The number of aliphatic hydroxyl groups excluding tert-OH is 1. The number of nitrogen functional groups attached to an aromatic ring is 1. The SMILES string of the molecule is CN1CCC(N(CCO)C(=O)c2ccc(N)c(O)c2)CC1. The molecule has 0 atom stereocenters. The molecular weight excluding hydrogens is 270 g/mol. The van der Waals surface area contributed by atoms with E-state index in [1.807, 2.05) is 0 Å². The van der Waals surface area contributed by atoms with Gasteiger partial charge in [-0.25, -0.2) is 0 Å². The Morgan fingerprint density at radius 1 is 1.43 bits per heavy atom. The van der Waals surface area contributed by atoms with Crippen LogP contribution in [0.5, 0.6) is 5.75 Å². The lowest BCUT2D eigenvalue weighted by Gasteiger charge is -2.37. The highest BCUT2D eigenvalue weighted by Gasteiger charge is 2.27. The number of rotatable bonds is 4. The van der Waals surface area contributed by atoms with Crippen molar-refractivity contribution in [3.05, 3.63) is 23.8 Å². The molecule has 6 nitrogen and oxygen atoms in total. The van der Waals surface area contributed by atoms with Crippen molar-refractivity contribution in [1.29, 1.82) is 0 Å². The first-order valence-corrected chi connectivity index (χ1v) is 7.21. The number of phenols is 1. The van der Waals surface area contributed by atoms with Gasteiger partial charge in [-0.05, 0) is 51.2 Å². The van der Waals surface area contributed by atoms with Gasteiger partial charge in [0.2, 0.25) is 0 Å². The number of aromatic hydroxyl groups is 1. The molecule has 0 aliphatic carbocycles. The number of piperidine rings is 1. The van der Waals surface area contributed by atoms with E-state index in [2.05, 4.69) is 11.9 Å². The number of aliphatic hydroxyl groups is 1. The molecule has 0 bridgehead atoms. The fourth-order valence-corrected chi connectivity index (χ4v) is 2.71. The summed E-state index contributed by atoms with van der Waals surface area (Å²) in [6.45, 7) is 2.11. The van der Waals surface area contributed by atoms with Crippen LogP contribution >= 0.6 is 0 Å². The summed E-state index contributed by atoms with van der Waals surface area (Å²) in [5.74, 6) is -0.262. The molecule has 1 aliphatic heterocycles. The molecule has 0 spiro atoms. The molecule has 1 aromatic carbocycles. The minimum Gasteiger partial charge on any atom is -0.506 e. The Kier molecular flexibility index (Phi) is 5.03. The highest BCUT2D eigenvalue weighted by molar-refractivity contribution is 5.95. The predicted octanol–water partition coefficient (Wildman–Crippen LogP) is 0.503. The number of carbonyl (C=O) groups excluding carboxylic acids is 1. The van der Waals surface area contributed by atoms with Gasteiger partial charge in [0, 0.05) is 18.2 Å². The standard InChI is InChI=1S/C15H23N3O3/c1-17-6-4-12(5-7-17)18(8-9-19)15(21)11-2-3-13(16)14(20)10-11/h2-3,10,12,19-20H,4-9,16H2,1H3. The number of likely N-dealkylation sites (tertiary alicyclic amines) is 1. The van der Waals surface area contributed by atoms with Crippen LogP contribution in [0.15, 0.2) is 18.2 Å². The molecule has 6 heteroatoms. The van der Waals surface area contributed by atoms with Gasteiger partial charge < -0.3 is 25.7 Å². The van der Waals surface area contributed by atoms with Gasteiger partial charge in [0.1, 0.15) is 5.75 Å². The first kappa shape index (κ1) is 15.6. The molecule has 1 heterocycles. The third-order valence-electron chi connectivity index (χ3n) is 4.01. The maximum atomic E-state index is 12.6. The molecule has 1 amide bonds. The lowest BCUT2D eigenvalue weighted by molar-refractivity contribution is 0.0539. The summed E-state index contributed by atoms with van der Waals surface area (Å²) < 4.78 is 0. The lowest BCUT2D eigenvalue weighted by atomic mass is 10.0. The molecule has 1 saturated heterocycles. The maximum Gasteiger partial charge on any atom is 0.254 e. The smallest absolute Gasteiger partial charge is 0.254 e. The summed E-state index contributed by atoms with van der Waals surface area (Å²) in [7, 11) is 2.06. The maximum absolute atomic E-state index is 12.6. The summed E-state index contributed by atoms with van der Waals surface area (Å²) in [6, 6.07) is 4.64. The molecule has 21 heavy (non-hydrogen) atoms. The van der Waals surface area contributed by atoms with E-state index < -0.39 is 0 Å². The van der Waals surface area contributed by atoms with Crippen molar-refractivity contribution in [2.24, 2.45) is 0 Å². The Morgan fingerprint density at radius 2 is 2.10 bits per heavy atom. The molecule has 0 saturated carbocycles. The van der Waals surface area contributed by atoms with Crippen molar-refractivity contribution >= 4 is 11.6 Å². The number of hydrogen-bond acceptors (Lipinski definition) is 5. The van der Waals surface area contributed by atoms with E-state index >= 15 is 0 Å². The molecule has 1 aromatic rings. The number of benzene rings is 1. The van der Waals surface area contributed by atoms with Crippen LogP contribution in [0.4, 0.5) is 5.69 Å². The molecule has 1 aliphatic rings. The zero-order valence-electron chi connectivity index (χ0n) is 12.3. The van der Waals surface area contributed by atoms with Crippen LogP contribution in [0.3, 0.4) is 0 Å². The second-order valence-electron chi connectivity index (χ2n) is 5.53. The fraction of sp³-hybridized carbons (Fsp3) is 0.533. The van der Waals surface area contributed by atoms with Gasteiger partial charge in [0.05, 0.1) is 12.3 Å². The molecule has 4 N–H and O–H groups in total. The zero-order valence-corrected chi connectivity index (χ0v) is 12.3. The number of nitrogens with zero attached hydrogens (tertiary/aromatic N) is 2. The van der Waals surface area contributed by atoms with E-state index in [1.165, 1.54) is 12.1 Å². The summed E-state index contributed by atoms with van der Waals surface area (Å²) in [5.41, 5.74) is 6.21. The van der Waals surface area contributed by atoms with Crippen molar-refractivity contribution in [2.45, 2.75) is 18.9 Å². The number of phenolic OH excluding ortho intramolecular Hbond substituents is 1. The minimum atomic E-state index is -0.172. The Morgan fingerprint density at radius 3 is 2.67 bits per heavy atom. The average Bonchev–Trinajstić information content (AvgIpc) is 2.48. The van der Waals surface area contributed by atoms with Crippen molar-refractivity contribution < 1.29 is 15.0 Å². The van der Waals surface area contributed by atoms with E-state index in [4.69, 9.17) is 5.73 Å². The molecule has 1 fully saturated rings. The van der Waals surface area contributed by atoms with Gasteiger partial charge in [-0.15, -0.1) is 0 Å². The molecular formula is C15H23N3O3. The van der Waals surface area contributed by atoms with Crippen LogP contribution in [0.2, 0.25) is 0 Å². The molecule has 0 radical (unpaired) electrons. The van der Waals surface area contributed by atoms with Crippen LogP contribution in [0.25, 0.3) is 0 Å². The molecule has 0 aromatic heterocycles. The van der Waals surface area contributed by atoms with Gasteiger partial charge in [0.15, 0.2) is 0 Å². The van der Waals surface area contributed by atoms with Gasteiger partial charge in [-0.3, -0.25) is 4.79 Å².